The van der Waals surface area contributed by atoms with Crippen LogP contribution in [0, 0.1) is 6.20 Å². The average Bonchev–Trinajstić information content (AvgIpc) is 2.52. The maximum atomic E-state index is 13.1. The number of hydrazone groups is 1. The number of hydrazine groups is 2. The van der Waals surface area contributed by atoms with Gasteiger partial charge in [-0.05, 0) is 29.7 Å². The fourth-order valence-corrected chi connectivity index (χ4v) is 3.55. The molecule has 3 rings (SSSR count). The number of fused-ring (bicyclic) bond motifs is 1. The van der Waals surface area contributed by atoms with Gasteiger partial charge in [0, 0.05) is 11.5 Å². The van der Waals surface area contributed by atoms with E-state index in [-0.39, 0.29) is 16.5 Å². The number of rotatable bonds is 4. The van der Waals surface area contributed by atoms with Crippen molar-refractivity contribution in [1.82, 2.24) is 10.7 Å². The first-order valence-electron chi connectivity index (χ1n) is 6.72. The van der Waals surface area contributed by atoms with E-state index < -0.39 is 36.0 Å². The standard InChI is InChI=1S/C13H10FN4O6S2/c14-13-3-4-15-18(17-13)16-9-2-1-8-5-10(25(19,20)21)7-12(11(8)6-9)26(22,23)24/h1-3,5-7,15-16H,(H,19,20,21)(H,22,23,24). The van der Waals surface area contributed by atoms with E-state index in [4.69, 9.17) is 4.55 Å². The van der Waals surface area contributed by atoms with Gasteiger partial charge in [0.15, 0.2) is 0 Å². The van der Waals surface area contributed by atoms with Crippen LogP contribution in [0.5, 0.6) is 0 Å². The molecule has 0 aliphatic carbocycles. The normalized spacial score (nSPS) is 14.9. The minimum absolute atomic E-state index is 0.0362. The molecule has 1 radical (unpaired) electrons. The molecule has 0 spiro atoms. The number of halogens is 1. The van der Waals surface area contributed by atoms with E-state index in [1.807, 2.05) is 0 Å². The van der Waals surface area contributed by atoms with E-state index in [1.54, 1.807) is 0 Å². The highest BCUT2D eigenvalue weighted by atomic mass is 32.2. The van der Waals surface area contributed by atoms with Crippen LogP contribution in [-0.4, -0.2) is 37.1 Å². The third-order valence-corrected chi connectivity index (χ3v) is 4.98. The first-order valence-corrected chi connectivity index (χ1v) is 9.60. The minimum atomic E-state index is -4.81. The van der Waals surface area contributed by atoms with Gasteiger partial charge in [-0.15, -0.1) is 10.3 Å². The lowest BCUT2D eigenvalue weighted by Gasteiger charge is -2.21. The Bertz CT molecular complexity index is 1160. The highest BCUT2D eigenvalue weighted by Crippen LogP contribution is 2.29. The lowest BCUT2D eigenvalue weighted by Crippen LogP contribution is -2.37. The molecule has 0 fully saturated rings. The average molecular weight is 401 g/mol. The Balaban J connectivity index is 2.13. The number of hydrogen-bond donors (Lipinski definition) is 4. The second-order valence-electron chi connectivity index (χ2n) is 5.05. The second kappa shape index (κ2) is 6.21. The van der Waals surface area contributed by atoms with Gasteiger partial charge in [0.05, 0.1) is 16.8 Å². The van der Waals surface area contributed by atoms with Crippen molar-refractivity contribution in [2.75, 3.05) is 5.43 Å². The predicted octanol–water partition coefficient (Wildman–Crippen LogP) is 1.08. The Labute approximate surface area is 147 Å². The summed E-state index contributed by atoms with van der Waals surface area (Å²) in [6, 6.07) is 5.68. The lowest BCUT2D eigenvalue weighted by atomic mass is 10.1. The molecule has 1 aliphatic heterocycles. The lowest BCUT2D eigenvalue weighted by molar-refractivity contribution is 0.271. The van der Waals surface area contributed by atoms with Crippen LogP contribution in [0.4, 0.5) is 10.1 Å². The fourth-order valence-electron chi connectivity index (χ4n) is 2.21. The Kier molecular flexibility index (Phi) is 4.31. The Morgan fingerprint density at radius 3 is 2.46 bits per heavy atom. The van der Waals surface area contributed by atoms with Crippen LogP contribution in [0.15, 0.2) is 51.3 Å². The molecule has 0 bridgehead atoms. The van der Waals surface area contributed by atoms with Gasteiger partial charge >= 0.3 is 0 Å². The zero-order valence-corrected chi connectivity index (χ0v) is 14.2. The molecular weight excluding hydrogens is 391 g/mol. The first-order chi connectivity index (χ1) is 12.0. The topological polar surface area (TPSA) is 148 Å². The van der Waals surface area contributed by atoms with Crippen molar-refractivity contribution >= 4 is 42.7 Å². The zero-order valence-electron chi connectivity index (χ0n) is 12.6. The van der Waals surface area contributed by atoms with E-state index in [0.29, 0.717) is 6.07 Å². The molecule has 10 nitrogen and oxygen atoms in total. The quantitative estimate of drug-likeness (QED) is 0.552. The molecule has 26 heavy (non-hydrogen) atoms. The van der Waals surface area contributed by atoms with Crippen LogP contribution in [0.25, 0.3) is 10.8 Å². The third-order valence-electron chi connectivity index (χ3n) is 3.26. The molecule has 0 amide bonds. The summed E-state index contributed by atoms with van der Waals surface area (Å²) in [6.45, 7) is 0. The van der Waals surface area contributed by atoms with Crippen LogP contribution in [0.3, 0.4) is 0 Å². The minimum Gasteiger partial charge on any atom is -0.282 e. The monoisotopic (exact) mass is 401 g/mol. The van der Waals surface area contributed by atoms with Crippen molar-refractivity contribution in [2.24, 2.45) is 5.10 Å². The predicted molar refractivity (Wildman–Crippen MR) is 88.5 cm³/mol. The highest BCUT2D eigenvalue weighted by Gasteiger charge is 2.21. The molecule has 2 aromatic carbocycles. The second-order valence-corrected chi connectivity index (χ2v) is 7.87. The van der Waals surface area contributed by atoms with E-state index in [2.05, 4.69) is 22.2 Å². The van der Waals surface area contributed by atoms with Gasteiger partial charge in [-0.3, -0.25) is 20.0 Å². The number of hydrogen-bond acceptors (Lipinski definition) is 8. The van der Waals surface area contributed by atoms with Gasteiger partial charge in [0.1, 0.15) is 4.90 Å². The highest BCUT2D eigenvalue weighted by molar-refractivity contribution is 7.86. The smallest absolute Gasteiger partial charge is 0.282 e. The van der Waals surface area contributed by atoms with E-state index in [1.165, 1.54) is 18.2 Å². The largest absolute Gasteiger partial charge is 0.295 e. The summed E-state index contributed by atoms with van der Waals surface area (Å²) >= 11 is 0. The number of anilines is 1. The molecule has 4 N–H and O–H groups in total. The van der Waals surface area contributed by atoms with Crippen LogP contribution in [0.1, 0.15) is 0 Å². The van der Waals surface area contributed by atoms with E-state index in [0.717, 1.165) is 17.4 Å². The van der Waals surface area contributed by atoms with Crippen molar-refractivity contribution in [2.45, 2.75) is 9.79 Å². The van der Waals surface area contributed by atoms with Crippen molar-refractivity contribution in [3.05, 3.63) is 42.6 Å². The summed E-state index contributed by atoms with van der Waals surface area (Å²) in [7, 11) is -9.50. The van der Waals surface area contributed by atoms with Crippen molar-refractivity contribution < 1.29 is 30.3 Å². The summed E-state index contributed by atoms with van der Waals surface area (Å²) in [5, 5.41) is 4.38. The zero-order chi connectivity index (χ0) is 19.1. The van der Waals surface area contributed by atoms with Gasteiger partial charge in [-0.25, -0.2) is 0 Å². The van der Waals surface area contributed by atoms with Crippen molar-refractivity contribution in [1.29, 1.82) is 0 Å². The summed E-state index contributed by atoms with van der Waals surface area (Å²) < 4.78 is 77.5. The first kappa shape index (κ1) is 18.1. The molecule has 0 saturated carbocycles. The molecule has 0 aromatic heterocycles. The summed E-state index contributed by atoms with van der Waals surface area (Å²) in [6.07, 6.45) is 3.30. The summed E-state index contributed by atoms with van der Waals surface area (Å²) in [4.78, 5) is -1.42. The van der Waals surface area contributed by atoms with Crippen molar-refractivity contribution in [3.63, 3.8) is 0 Å². The SMILES string of the molecule is O=S(=O)(O)c1cc(S(=O)(=O)O)c2cc(NN3N=C(F)C=[C]N3)ccc2c1. The van der Waals surface area contributed by atoms with E-state index in [9.17, 15) is 25.8 Å². The Hall–Kier alpha value is -2.74. The van der Waals surface area contributed by atoms with E-state index >= 15 is 0 Å². The van der Waals surface area contributed by atoms with Gasteiger partial charge in [-0.2, -0.15) is 21.2 Å². The maximum absolute atomic E-state index is 13.1. The molecule has 13 heteroatoms. The number of benzene rings is 2. The molecule has 0 atom stereocenters. The molecule has 0 unspecified atom stereocenters. The van der Waals surface area contributed by atoms with Crippen molar-refractivity contribution in [3.8, 4) is 0 Å². The number of allylic oxidation sites excluding steroid dienone is 1. The van der Waals surface area contributed by atoms with Gasteiger partial charge < -0.3 is 0 Å². The molecule has 1 heterocycles. The van der Waals surface area contributed by atoms with Crippen LogP contribution >= 0.6 is 0 Å². The Morgan fingerprint density at radius 1 is 1.12 bits per heavy atom. The molecular formula is C13H10FN4O6S2. The molecule has 1 aliphatic rings. The maximum Gasteiger partial charge on any atom is 0.295 e. The molecule has 0 saturated heterocycles. The van der Waals surface area contributed by atoms with Gasteiger partial charge in [0.2, 0.25) is 5.97 Å². The fraction of sp³-hybridized carbons (Fsp3) is 0. The number of nitrogens with zero attached hydrogens (tertiary/aromatic N) is 2. The number of nitrogens with one attached hydrogen (secondary N) is 2. The van der Waals surface area contributed by atoms with Crippen LogP contribution in [-0.2, 0) is 20.2 Å². The third kappa shape index (κ3) is 3.75. The van der Waals surface area contributed by atoms with Gasteiger partial charge in [0.25, 0.3) is 20.2 Å². The summed E-state index contributed by atoms with van der Waals surface area (Å²) in [5.41, 5.74) is 5.26. The molecule has 2 aromatic rings. The Morgan fingerprint density at radius 2 is 1.85 bits per heavy atom. The van der Waals surface area contributed by atoms with Crippen LogP contribution < -0.4 is 10.9 Å². The van der Waals surface area contributed by atoms with Gasteiger partial charge in [-0.1, -0.05) is 6.07 Å². The molecule has 137 valence electrons. The van der Waals surface area contributed by atoms with Crippen LogP contribution in [0.2, 0.25) is 0 Å². The summed E-state index contributed by atoms with van der Waals surface area (Å²) in [5.74, 6) is -0.839.